The van der Waals surface area contributed by atoms with E-state index < -0.39 is 16.3 Å². The summed E-state index contributed by atoms with van der Waals surface area (Å²) in [6.07, 6.45) is 6.49. The quantitative estimate of drug-likeness (QED) is 0.460. The van der Waals surface area contributed by atoms with Crippen molar-refractivity contribution >= 4 is 32.5 Å². The molecule has 0 aromatic carbocycles. The molecule has 0 heterocycles. The molecule has 12 heavy (non-hydrogen) atoms. The second-order valence-corrected chi connectivity index (χ2v) is 3.17. The van der Waals surface area contributed by atoms with Gasteiger partial charge in [-0.05, 0) is 18.3 Å². The first kappa shape index (κ1) is 9.06. The topological polar surface area (TPSA) is 46.5 Å². The largest absolute Gasteiger partial charge is 0.219 e. The SMILES string of the molecule is O=S(=O)=C1C=CC=CC1N=C=S. The third-order valence-corrected chi connectivity index (χ3v) is 2.21. The molecule has 0 N–H and O–H groups in total. The summed E-state index contributed by atoms with van der Waals surface area (Å²) in [5.74, 6) is 0. The van der Waals surface area contributed by atoms with Crippen molar-refractivity contribution in [2.75, 3.05) is 0 Å². The van der Waals surface area contributed by atoms with Gasteiger partial charge in [-0.1, -0.05) is 18.2 Å². The van der Waals surface area contributed by atoms with Gasteiger partial charge in [-0.3, -0.25) is 0 Å². The lowest BCUT2D eigenvalue weighted by atomic mass is 10.1. The van der Waals surface area contributed by atoms with Crippen molar-refractivity contribution in [1.29, 1.82) is 0 Å². The second-order valence-electron chi connectivity index (χ2n) is 2.05. The molecule has 0 radical (unpaired) electrons. The summed E-state index contributed by atoms with van der Waals surface area (Å²) >= 11 is 4.38. The number of hydrogen-bond donors (Lipinski definition) is 0. The van der Waals surface area contributed by atoms with Gasteiger partial charge in [0.2, 0.25) is 10.3 Å². The van der Waals surface area contributed by atoms with E-state index in [1.54, 1.807) is 18.2 Å². The van der Waals surface area contributed by atoms with Crippen LogP contribution in [-0.4, -0.2) is 24.5 Å². The van der Waals surface area contributed by atoms with E-state index in [-0.39, 0.29) is 4.86 Å². The Morgan fingerprint density at radius 2 is 2.25 bits per heavy atom. The number of allylic oxidation sites excluding steroid dienone is 2. The normalized spacial score (nSPS) is 20.3. The van der Waals surface area contributed by atoms with Crippen LogP contribution in [0.25, 0.3) is 0 Å². The standard InChI is InChI=1S/C7H5NO2S2/c9-12(10)7-4-2-1-3-6(7)8-5-11/h1-4,6H. The summed E-state index contributed by atoms with van der Waals surface area (Å²) in [4.78, 5) is 3.90. The minimum Gasteiger partial charge on any atom is -0.219 e. The van der Waals surface area contributed by atoms with Gasteiger partial charge in [0.05, 0.1) is 5.16 Å². The van der Waals surface area contributed by atoms with E-state index in [0.29, 0.717) is 0 Å². The summed E-state index contributed by atoms with van der Waals surface area (Å²) in [6.45, 7) is 0. The van der Waals surface area contributed by atoms with Crippen LogP contribution >= 0.6 is 12.2 Å². The molecule has 5 heteroatoms. The van der Waals surface area contributed by atoms with Crippen LogP contribution in [0.2, 0.25) is 0 Å². The Morgan fingerprint density at radius 1 is 1.50 bits per heavy atom. The molecule has 0 amide bonds. The molecule has 0 fully saturated rings. The Bertz CT molecular complexity index is 403. The zero-order valence-corrected chi connectivity index (χ0v) is 7.60. The average Bonchev–Trinajstić information content (AvgIpc) is 2.05. The highest BCUT2D eigenvalue weighted by Crippen LogP contribution is 2.03. The van der Waals surface area contributed by atoms with Crippen LogP contribution < -0.4 is 0 Å². The number of rotatable bonds is 1. The maximum absolute atomic E-state index is 10.6. The lowest BCUT2D eigenvalue weighted by Crippen LogP contribution is -2.16. The maximum atomic E-state index is 10.6. The maximum Gasteiger partial charge on any atom is 0.219 e. The highest BCUT2D eigenvalue weighted by molar-refractivity contribution is 7.78. The fourth-order valence-corrected chi connectivity index (χ4v) is 1.46. The Kier molecular flexibility index (Phi) is 3.10. The molecule has 1 unspecified atom stereocenters. The molecule has 3 nitrogen and oxygen atoms in total. The molecule has 62 valence electrons. The van der Waals surface area contributed by atoms with E-state index in [1.165, 1.54) is 6.08 Å². The third kappa shape index (κ3) is 1.98. The van der Waals surface area contributed by atoms with Gasteiger partial charge in [0.1, 0.15) is 10.9 Å². The van der Waals surface area contributed by atoms with Crippen molar-refractivity contribution in [2.45, 2.75) is 6.04 Å². The minimum atomic E-state index is -2.24. The highest BCUT2D eigenvalue weighted by Gasteiger charge is 2.11. The third-order valence-electron chi connectivity index (χ3n) is 1.34. The molecule has 1 aliphatic carbocycles. The number of thiocarbonyl (C=S) groups is 1. The van der Waals surface area contributed by atoms with Crippen LogP contribution in [0.4, 0.5) is 0 Å². The van der Waals surface area contributed by atoms with Crippen LogP contribution in [0.5, 0.6) is 0 Å². The molecule has 0 aromatic heterocycles. The van der Waals surface area contributed by atoms with Crippen molar-refractivity contribution in [1.82, 2.24) is 0 Å². The molecule has 1 rings (SSSR count). The molecular weight excluding hydrogens is 194 g/mol. The van der Waals surface area contributed by atoms with E-state index in [2.05, 4.69) is 22.4 Å². The summed E-state index contributed by atoms with van der Waals surface area (Å²) < 4.78 is 21.2. The molecule has 0 aromatic rings. The van der Waals surface area contributed by atoms with Crippen LogP contribution in [-0.2, 0) is 10.3 Å². The fraction of sp³-hybridized carbons (Fsp3) is 0.143. The first-order valence-corrected chi connectivity index (χ1v) is 4.62. The smallest absolute Gasteiger partial charge is 0.219 e. The Balaban J connectivity index is 3.18. The molecule has 0 aliphatic heterocycles. The van der Waals surface area contributed by atoms with E-state index >= 15 is 0 Å². The van der Waals surface area contributed by atoms with Gasteiger partial charge in [-0.2, -0.15) is 8.42 Å². The summed E-state index contributed by atoms with van der Waals surface area (Å²) in [7, 11) is -2.24. The van der Waals surface area contributed by atoms with Gasteiger partial charge in [0.25, 0.3) is 0 Å². The Labute approximate surface area is 76.7 Å². The fourth-order valence-electron chi connectivity index (χ4n) is 0.831. The van der Waals surface area contributed by atoms with Gasteiger partial charge < -0.3 is 0 Å². The number of hydrogen-bond acceptors (Lipinski definition) is 4. The zero-order valence-electron chi connectivity index (χ0n) is 5.97. The van der Waals surface area contributed by atoms with Gasteiger partial charge in [0, 0.05) is 0 Å². The first-order chi connectivity index (χ1) is 5.75. The lowest BCUT2D eigenvalue weighted by Gasteiger charge is -2.04. The summed E-state index contributed by atoms with van der Waals surface area (Å²) in [5, 5.41) is 2.15. The van der Waals surface area contributed by atoms with Crippen LogP contribution in [0.1, 0.15) is 0 Å². The molecule has 0 saturated carbocycles. The minimum absolute atomic E-state index is 0.217. The predicted octanol–water partition coefficient (Wildman–Crippen LogP) is 0.635. The van der Waals surface area contributed by atoms with Gasteiger partial charge in [-0.15, -0.1) is 0 Å². The number of isothiocyanates is 1. The lowest BCUT2D eigenvalue weighted by molar-refractivity contribution is 0.626. The van der Waals surface area contributed by atoms with E-state index in [4.69, 9.17) is 0 Å². The molecule has 1 atom stereocenters. The van der Waals surface area contributed by atoms with Crippen molar-refractivity contribution < 1.29 is 8.42 Å². The van der Waals surface area contributed by atoms with Gasteiger partial charge in [0.15, 0.2) is 0 Å². The number of nitrogens with zero attached hydrogens (tertiary/aromatic N) is 1. The zero-order chi connectivity index (χ0) is 8.97. The van der Waals surface area contributed by atoms with Crippen LogP contribution in [0, 0.1) is 0 Å². The number of aliphatic imine (C=N–C) groups is 1. The predicted molar refractivity (Wildman–Crippen MR) is 51.0 cm³/mol. The van der Waals surface area contributed by atoms with Crippen LogP contribution in [0.15, 0.2) is 29.3 Å². The Hall–Kier alpha value is -1.03. The highest BCUT2D eigenvalue weighted by atomic mass is 32.2. The van der Waals surface area contributed by atoms with Crippen molar-refractivity contribution in [2.24, 2.45) is 4.99 Å². The summed E-state index contributed by atoms with van der Waals surface area (Å²) in [6, 6.07) is -0.495. The van der Waals surface area contributed by atoms with Crippen LogP contribution in [0.3, 0.4) is 0 Å². The molecular formula is C7H5NO2S2. The molecule has 0 bridgehead atoms. The van der Waals surface area contributed by atoms with Crippen molar-refractivity contribution in [3.05, 3.63) is 24.3 Å². The van der Waals surface area contributed by atoms with E-state index in [9.17, 15) is 8.42 Å². The van der Waals surface area contributed by atoms with Crippen molar-refractivity contribution in [3.63, 3.8) is 0 Å². The van der Waals surface area contributed by atoms with Gasteiger partial charge in [-0.25, -0.2) is 4.99 Å². The average molecular weight is 199 g/mol. The second kappa shape index (κ2) is 4.11. The molecule has 0 spiro atoms. The Morgan fingerprint density at radius 3 is 2.83 bits per heavy atom. The summed E-state index contributed by atoms with van der Waals surface area (Å²) in [5.41, 5.74) is 0. The monoisotopic (exact) mass is 199 g/mol. The van der Waals surface area contributed by atoms with E-state index in [1.807, 2.05) is 0 Å². The van der Waals surface area contributed by atoms with Crippen molar-refractivity contribution in [3.8, 4) is 0 Å². The molecule has 1 aliphatic rings. The van der Waals surface area contributed by atoms with E-state index in [0.717, 1.165) is 0 Å². The first-order valence-electron chi connectivity index (χ1n) is 3.13. The molecule has 0 saturated heterocycles. The van der Waals surface area contributed by atoms with Gasteiger partial charge >= 0.3 is 0 Å².